The molecular formula is C12H13ClN2. The third-order valence-electron chi connectivity index (χ3n) is 3.30. The van der Waals surface area contributed by atoms with Gasteiger partial charge in [0.25, 0.3) is 0 Å². The van der Waals surface area contributed by atoms with Gasteiger partial charge >= 0.3 is 0 Å². The molecule has 2 N–H and O–H groups in total. The molecule has 1 aromatic carbocycles. The molecule has 0 aliphatic carbocycles. The fourth-order valence-electron chi connectivity index (χ4n) is 2.52. The second-order valence-electron chi connectivity index (χ2n) is 4.15. The van der Waals surface area contributed by atoms with Crippen LogP contribution in [-0.4, -0.2) is 11.1 Å². The van der Waals surface area contributed by atoms with Crippen molar-refractivity contribution < 1.29 is 0 Å². The molecule has 1 unspecified atom stereocenters. The van der Waals surface area contributed by atoms with Crippen molar-refractivity contribution in [2.45, 2.75) is 18.9 Å². The molecule has 0 bridgehead atoms. The molecule has 3 rings (SSSR count). The minimum atomic E-state index is 0.524. The molecule has 0 saturated carbocycles. The number of nitrogens with two attached hydrogens (primary N) is 1. The summed E-state index contributed by atoms with van der Waals surface area (Å²) in [5.41, 5.74) is 8.41. The molecule has 15 heavy (non-hydrogen) atoms. The van der Waals surface area contributed by atoms with Gasteiger partial charge in [-0.15, -0.1) is 0 Å². The highest BCUT2D eigenvalue weighted by Crippen LogP contribution is 2.34. The van der Waals surface area contributed by atoms with Crippen LogP contribution < -0.4 is 5.73 Å². The van der Waals surface area contributed by atoms with Crippen LogP contribution in [0.3, 0.4) is 0 Å². The van der Waals surface area contributed by atoms with Crippen molar-refractivity contribution in [1.29, 1.82) is 0 Å². The minimum Gasteiger partial charge on any atom is -0.344 e. The fourth-order valence-corrected chi connectivity index (χ4v) is 2.70. The number of nitrogens with zero attached hydrogens (tertiary/aromatic N) is 1. The zero-order valence-electron chi connectivity index (χ0n) is 8.41. The van der Waals surface area contributed by atoms with Gasteiger partial charge in [-0.3, -0.25) is 0 Å². The largest absolute Gasteiger partial charge is 0.344 e. The van der Waals surface area contributed by atoms with Gasteiger partial charge in [-0.25, -0.2) is 0 Å². The fraction of sp³-hybridized carbons (Fsp3) is 0.333. The monoisotopic (exact) mass is 220 g/mol. The first kappa shape index (κ1) is 9.25. The van der Waals surface area contributed by atoms with E-state index in [9.17, 15) is 0 Å². The number of fused-ring (bicyclic) bond motifs is 3. The first-order chi connectivity index (χ1) is 7.29. The molecule has 3 heteroatoms. The van der Waals surface area contributed by atoms with Gasteiger partial charge in [-0.05, 0) is 30.7 Å². The molecule has 0 amide bonds. The van der Waals surface area contributed by atoms with E-state index in [-0.39, 0.29) is 0 Å². The zero-order valence-corrected chi connectivity index (χ0v) is 9.17. The molecule has 78 valence electrons. The van der Waals surface area contributed by atoms with Gasteiger partial charge in [0, 0.05) is 40.6 Å². The first-order valence-corrected chi connectivity index (χ1v) is 5.66. The summed E-state index contributed by atoms with van der Waals surface area (Å²) in [5, 5.41) is 2.03. The van der Waals surface area contributed by atoms with Gasteiger partial charge in [-0.2, -0.15) is 0 Å². The van der Waals surface area contributed by atoms with Crippen molar-refractivity contribution in [3.05, 3.63) is 35.0 Å². The van der Waals surface area contributed by atoms with Gasteiger partial charge in [0.05, 0.1) is 0 Å². The lowest BCUT2D eigenvalue weighted by Gasteiger charge is -2.02. The van der Waals surface area contributed by atoms with E-state index in [2.05, 4.69) is 16.7 Å². The Morgan fingerprint density at radius 3 is 3.07 bits per heavy atom. The Hall–Kier alpha value is -0.990. The standard InChI is InChI=1S/C12H13ClN2/c13-10-1-2-11-9(5-10)6-12-8(7-14)3-4-15(11)12/h1-2,5-6,8H,3-4,7,14H2. The van der Waals surface area contributed by atoms with Crippen LogP contribution in [0.25, 0.3) is 10.9 Å². The second-order valence-corrected chi connectivity index (χ2v) is 4.58. The SMILES string of the molecule is NCC1CCn2c1cc1cc(Cl)ccc12. The van der Waals surface area contributed by atoms with E-state index in [4.69, 9.17) is 17.3 Å². The maximum absolute atomic E-state index is 5.98. The quantitative estimate of drug-likeness (QED) is 0.787. The third-order valence-corrected chi connectivity index (χ3v) is 3.53. The Labute approximate surface area is 93.6 Å². The van der Waals surface area contributed by atoms with E-state index in [1.807, 2.05) is 12.1 Å². The van der Waals surface area contributed by atoms with E-state index in [1.54, 1.807) is 0 Å². The molecular weight excluding hydrogens is 208 g/mol. The molecule has 1 aromatic heterocycles. The molecule has 1 aliphatic heterocycles. The van der Waals surface area contributed by atoms with Gasteiger partial charge in [0.15, 0.2) is 0 Å². The summed E-state index contributed by atoms with van der Waals surface area (Å²) in [6.45, 7) is 1.83. The van der Waals surface area contributed by atoms with Crippen molar-refractivity contribution in [3.63, 3.8) is 0 Å². The van der Waals surface area contributed by atoms with E-state index in [1.165, 1.54) is 23.0 Å². The molecule has 0 fully saturated rings. The lowest BCUT2D eigenvalue weighted by molar-refractivity contribution is 0.673. The smallest absolute Gasteiger partial charge is 0.0483 e. The van der Waals surface area contributed by atoms with Crippen LogP contribution in [0.15, 0.2) is 24.3 Å². The maximum Gasteiger partial charge on any atom is 0.0483 e. The van der Waals surface area contributed by atoms with Gasteiger partial charge < -0.3 is 10.3 Å². The van der Waals surface area contributed by atoms with Gasteiger partial charge in [0.2, 0.25) is 0 Å². The summed E-state index contributed by atoms with van der Waals surface area (Å²) < 4.78 is 2.36. The number of hydrogen-bond acceptors (Lipinski definition) is 1. The molecule has 0 spiro atoms. The van der Waals surface area contributed by atoms with Crippen LogP contribution in [0.4, 0.5) is 0 Å². The Balaban J connectivity index is 2.25. The Kier molecular flexibility index (Phi) is 2.01. The van der Waals surface area contributed by atoms with Crippen molar-refractivity contribution in [3.8, 4) is 0 Å². The van der Waals surface area contributed by atoms with Crippen molar-refractivity contribution in [2.75, 3.05) is 6.54 Å². The Morgan fingerprint density at radius 2 is 2.27 bits per heavy atom. The average Bonchev–Trinajstić information content (AvgIpc) is 2.74. The van der Waals surface area contributed by atoms with Gasteiger partial charge in [0.1, 0.15) is 0 Å². The van der Waals surface area contributed by atoms with Crippen LogP contribution in [0.2, 0.25) is 5.02 Å². The van der Waals surface area contributed by atoms with E-state index < -0.39 is 0 Å². The first-order valence-electron chi connectivity index (χ1n) is 5.28. The van der Waals surface area contributed by atoms with Crippen molar-refractivity contribution >= 4 is 22.5 Å². The number of aryl methyl sites for hydroxylation is 1. The summed E-state index contributed by atoms with van der Waals surface area (Å²) in [6, 6.07) is 8.30. The Bertz CT molecular complexity index is 516. The predicted molar refractivity (Wildman–Crippen MR) is 63.4 cm³/mol. The van der Waals surface area contributed by atoms with Crippen LogP contribution in [0, 0.1) is 0 Å². The van der Waals surface area contributed by atoms with Crippen molar-refractivity contribution in [1.82, 2.24) is 4.57 Å². The number of benzene rings is 1. The van der Waals surface area contributed by atoms with Crippen LogP contribution in [0.1, 0.15) is 18.0 Å². The molecule has 0 saturated heterocycles. The second kappa shape index (κ2) is 3.26. The summed E-state index contributed by atoms with van der Waals surface area (Å²) in [7, 11) is 0. The molecule has 2 nitrogen and oxygen atoms in total. The summed E-state index contributed by atoms with van der Waals surface area (Å²) in [6.07, 6.45) is 1.17. The zero-order chi connectivity index (χ0) is 10.4. The minimum absolute atomic E-state index is 0.524. The lowest BCUT2D eigenvalue weighted by Crippen LogP contribution is -2.08. The van der Waals surface area contributed by atoms with Gasteiger partial charge in [-0.1, -0.05) is 11.6 Å². The highest BCUT2D eigenvalue weighted by atomic mass is 35.5. The number of aromatic nitrogens is 1. The van der Waals surface area contributed by atoms with E-state index >= 15 is 0 Å². The number of halogens is 1. The predicted octanol–water partition coefficient (Wildman–Crippen LogP) is 2.74. The summed E-state index contributed by atoms with van der Waals surface area (Å²) >= 11 is 5.98. The van der Waals surface area contributed by atoms with Crippen LogP contribution >= 0.6 is 11.6 Å². The number of rotatable bonds is 1. The summed E-state index contributed by atoms with van der Waals surface area (Å²) in [4.78, 5) is 0. The van der Waals surface area contributed by atoms with E-state index in [0.29, 0.717) is 5.92 Å². The molecule has 2 heterocycles. The molecule has 2 aromatic rings. The lowest BCUT2D eigenvalue weighted by atomic mass is 10.1. The Morgan fingerprint density at radius 1 is 1.40 bits per heavy atom. The highest BCUT2D eigenvalue weighted by Gasteiger charge is 2.23. The maximum atomic E-state index is 5.98. The topological polar surface area (TPSA) is 30.9 Å². The van der Waals surface area contributed by atoms with Crippen LogP contribution in [-0.2, 0) is 6.54 Å². The normalized spacial score (nSPS) is 19.7. The van der Waals surface area contributed by atoms with Crippen molar-refractivity contribution in [2.24, 2.45) is 5.73 Å². The van der Waals surface area contributed by atoms with E-state index in [0.717, 1.165) is 18.1 Å². The number of hydrogen-bond donors (Lipinski definition) is 1. The summed E-state index contributed by atoms with van der Waals surface area (Å²) in [5.74, 6) is 0.524. The molecule has 1 atom stereocenters. The average molecular weight is 221 g/mol. The molecule has 1 aliphatic rings. The highest BCUT2D eigenvalue weighted by molar-refractivity contribution is 6.31. The molecule has 0 radical (unpaired) electrons. The third kappa shape index (κ3) is 1.29. The van der Waals surface area contributed by atoms with Crippen LogP contribution in [0.5, 0.6) is 0 Å².